The maximum atomic E-state index is 12.9. The Bertz CT molecular complexity index is 628. The van der Waals surface area contributed by atoms with Gasteiger partial charge in [0.2, 0.25) is 5.91 Å². The number of rotatable bonds is 2. The Labute approximate surface area is 122 Å². The molecule has 1 aliphatic rings. The van der Waals surface area contributed by atoms with Crippen LogP contribution in [0.15, 0.2) is 40.2 Å². The Morgan fingerprint density at radius 3 is 2.47 bits per heavy atom. The third-order valence-electron chi connectivity index (χ3n) is 3.13. The van der Waals surface area contributed by atoms with E-state index in [9.17, 15) is 9.18 Å². The molecule has 2 atom stereocenters. The average molecular weight is 341 g/mol. The molecule has 0 saturated carbocycles. The summed E-state index contributed by atoms with van der Waals surface area (Å²) in [5, 5.41) is 0. The topological polar surface area (TPSA) is 46.3 Å². The molecule has 19 heavy (non-hydrogen) atoms. The molecule has 0 unspecified atom stereocenters. The molecule has 1 amide bonds. The maximum absolute atomic E-state index is 12.9. The third kappa shape index (κ3) is 2.09. The lowest BCUT2D eigenvalue weighted by Gasteiger charge is -2.44. The fraction of sp³-hybridized carbons (Fsp3) is 0.154. The highest BCUT2D eigenvalue weighted by Crippen LogP contribution is 2.41. The van der Waals surface area contributed by atoms with Crippen molar-refractivity contribution in [2.75, 3.05) is 4.90 Å². The van der Waals surface area contributed by atoms with Crippen LogP contribution < -0.4 is 10.6 Å². The van der Waals surface area contributed by atoms with Gasteiger partial charge in [0.25, 0.3) is 0 Å². The van der Waals surface area contributed by atoms with Gasteiger partial charge in [-0.05, 0) is 52.3 Å². The van der Waals surface area contributed by atoms with Gasteiger partial charge in [-0.25, -0.2) is 4.39 Å². The van der Waals surface area contributed by atoms with Crippen LogP contribution in [0.25, 0.3) is 0 Å². The first-order valence-electron chi connectivity index (χ1n) is 5.67. The number of benzene rings is 1. The highest BCUT2D eigenvalue weighted by Gasteiger charge is 2.47. The molecule has 1 fully saturated rings. The van der Waals surface area contributed by atoms with Gasteiger partial charge in [-0.15, -0.1) is 11.3 Å². The lowest BCUT2D eigenvalue weighted by molar-refractivity contribution is -0.126. The van der Waals surface area contributed by atoms with E-state index in [2.05, 4.69) is 15.9 Å². The first-order chi connectivity index (χ1) is 9.08. The standard InChI is InChI=1S/C13H10BrFN2OS/c14-10-6-5-9(19-10)12-11(16)13(18)17(12)8-3-1-7(15)2-4-8/h1-6,11-12H,16H2/t11-,12-/m0/s1. The summed E-state index contributed by atoms with van der Waals surface area (Å²) < 4.78 is 13.9. The molecule has 2 heterocycles. The minimum Gasteiger partial charge on any atom is -0.318 e. The summed E-state index contributed by atoms with van der Waals surface area (Å²) in [5.74, 6) is -0.461. The van der Waals surface area contributed by atoms with Crippen LogP contribution in [0.2, 0.25) is 0 Å². The number of amides is 1. The second-order valence-electron chi connectivity index (χ2n) is 4.30. The highest BCUT2D eigenvalue weighted by molar-refractivity contribution is 9.11. The van der Waals surface area contributed by atoms with Crippen LogP contribution in [0.5, 0.6) is 0 Å². The molecule has 1 aromatic carbocycles. The van der Waals surface area contributed by atoms with Crippen molar-refractivity contribution in [1.29, 1.82) is 0 Å². The van der Waals surface area contributed by atoms with Crippen molar-refractivity contribution in [3.8, 4) is 0 Å². The SMILES string of the molecule is N[C@@H]1C(=O)N(c2ccc(F)cc2)[C@H]1c1ccc(Br)s1. The second-order valence-corrected chi connectivity index (χ2v) is 6.79. The van der Waals surface area contributed by atoms with Gasteiger partial charge in [-0.2, -0.15) is 0 Å². The molecule has 0 bridgehead atoms. The summed E-state index contributed by atoms with van der Waals surface area (Å²) in [6.45, 7) is 0. The van der Waals surface area contributed by atoms with Gasteiger partial charge < -0.3 is 10.6 Å². The number of thiophene rings is 1. The number of hydrogen-bond donors (Lipinski definition) is 1. The predicted molar refractivity (Wildman–Crippen MR) is 76.6 cm³/mol. The number of hydrogen-bond acceptors (Lipinski definition) is 3. The van der Waals surface area contributed by atoms with Crippen LogP contribution in [0.1, 0.15) is 10.9 Å². The smallest absolute Gasteiger partial charge is 0.247 e. The quantitative estimate of drug-likeness (QED) is 0.854. The van der Waals surface area contributed by atoms with Crippen LogP contribution in [-0.2, 0) is 4.79 Å². The van der Waals surface area contributed by atoms with Gasteiger partial charge in [-0.3, -0.25) is 4.79 Å². The van der Waals surface area contributed by atoms with Crippen molar-refractivity contribution in [3.05, 3.63) is 50.9 Å². The van der Waals surface area contributed by atoms with E-state index in [4.69, 9.17) is 5.73 Å². The number of anilines is 1. The van der Waals surface area contributed by atoms with Gasteiger partial charge in [0, 0.05) is 10.6 Å². The Morgan fingerprint density at radius 2 is 1.89 bits per heavy atom. The zero-order valence-corrected chi connectivity index (χ0v) is 12.1. The fourth-order valence-corrected chi connectivity index (χ4v) is 3.76. The van der Waals surface area contributed by atoms with Gasteiger partial charge in [0.15, 0.2) is 0 Å². The van der Waals surface area contributed by atoms with Gasteiger partial charge in [0.05, 0.1) is 9.83 Å². The van der Waals surface area contributed by atoms with Crippen molar-refractivity contribution < 1.29 is 9.18 Å². The molecule has 98 valence electrons. The average Bonchev–Trinajstić information content (AvgIpc) is 2.82. The first-order valence-corrected chi connectivity index (χ1v) is 7.28. The van der Waals surface area contributed by atoms with Crippen molar-refractivity contribution in [2.24, 2.45) is 5.73 Å². The van der Waals surface area contributed by atoms with Crippen LogP contribution >= 0.6 is 27.3 Å². The molecule has 2 aromatic rings. The lowest BCUT2D eigenvalue weighted by Crippen LogP contribution is -2.63. The summed E-state index contributed by atoms with van der Waals surface area (Å²) in [6.07, 6.45) is 0. The summed E-state index contributed by atoms with van der Waals surface area (Å²) in [5.41, 5.74) is 6.56. The number of carbonyl (C=O) groups is 1. The molecule has 1 aliphatic heterocycles. The maximum Gasteiger partial charge on any atom is 0.247 e. The monoisotopic (exact) mass is 340 g/mol. The Kier molecular flexibility index (Phi) is 3.16. The van der Waals surface area contributed by atoms with E-state index < -0.39 is 6.04 Å². The van der Waals surface area contributed by atoms with Crippen molar-refractivity contribution in [2.45, 2.75) is 12.1 Å². The van der Waals surface area contributed by atoms with E-state index in [0.29, 0.717) is 5.69 Å². The molecule has 0 spiro atoms. The summed E-state index contributed by atoms with van der Waals surface area (Å²) >= 11 is 4.95. The van der Waals surface area contributed by atoms with Gasteiger partial charge >= 0.3 is 0 Å². The predicted octanol–water partition coefficient (Wildman–Crippen LogP) is 3.06. The largest absolute Gasteiger partial charge is 0.318 e. The van der Waals surface area contributed by atoms with E-state index in [1.165, 1.54) is 12.1 Å². The van der Waals surface area contributed by atoms with Crippen molar-refractivity contribution in [1.82, 2.24) is 0 Å². The summed E-state index contributed by atoms with van der Waals surface area (Å²) in [6, 6.07) is 9.04. The summed E-state index contributed by atoms with van der Waals surface area (Å²) in [7, 11) is 0. The zero-order chi connectivity index (χ0) is 13.6. The van der Waals surface area contributed by atoms with E-state index >= 15 is 0 Å². The third-order valence-corrected chi connectivity index (χ3v) is 4.83. The van der Waals surface area contributed by atoms with Crippen LogP contribution in [0, 0.1) is 5.82 Å². The van der Waals surface area contributed by atoms with Crippen molar-refractivity contribution in [3.63, 3.8) is 0 Å². The first kappa shape index (κ1) is 12.8. The van der Waals surface area contributed by atoms with Crippen LogP contribution in [-0.4, -0.2) is 11.9 Å². The van der Waals surface area contributed by atoms with E-state index in [0.717, 1.165) is 8.66 Å². The fourth-order valence-electron chi connectivity index (χ4n) is 2.19. The molecule has 1 saturated heterocycles. The minimum absolute atomic E-state index is 0.138. The van der Waals surface area contributed by atoms with Crippen LogP contribution in [0.3, 0.4) is 0 Å². The van der Waals surface area contributed by atoms with Gasteiger partial charge in [0.1, 0.15) is 11.9 Å². The summed E-state index contributed by atoms with van der Waals surface area (Å²) in [4.78, 5) is 14.6. The Hall–Kier alpha value is -1.24. The minimum atomic E-state index is -0.532. The zero-order valence-electron chi connectivity index (χ0n) is 9.72. The van der Waals surface area contributed by atoms with E-state index in [1.807, 2.05) is 12.1 Å². The highest BCUT2D eigenvalue weighted by atomic mass is 79.9. The number of β-lactam (4-membered cyclic amide) rings is 1. The number of halogens is 2. The molecule has 3 rings (SSSR count). The molecule has 0 radical (unpaired) electrons. The Morgan fingerprint density at radius 1 is 1.21 bits per heavy atom. The number of carbonyl (C=O) groups excluding carboxylic acids is 1. The lowest BCUT2D eigenvalue weighted by atomic mass is 9.93. The van der Waals surface area contributed by atoms with E-state index in [-0.39, 0.29) is 17.8 Å². The molecule has 6 heteroatoms. The normalized spacial score (nSPS) is 22.5. The molecule has 0 aliphatic carbocycles. The molecular weight excluding hydrogens is 331 g/mol. The molecule has 2 N–H and O–H groups in total. The number of nitrogens with two attached hydrogens (primary N) is 1. The van der Waals surface area contributed by atoms with Gasteiger partial charge in [-0.1, -0.05) is 0 Å². The van der Waals surface area contributed by atoms with E-state index in [1.54, 1.807) is 28.4 Å². The Balaban J connectivity index is 1.95. The number of nitrogens with zero attached hydrogens (tertiary/aromatic N) is 1. The second kappa shape index (κ2) is 4.70. The molecular formula is C13H10BrFN2OS. The molecule has 1 aromatic heterocycles. The van der Waals surface area contributed by atoms with Crippen molar-refractivity contribution >= 4 is 38.9 Å². The van der Waals surface area contributed by atoms with Crippen LogP contribution in [0.4, 0.5) is 10.1 Å². The molecule has 3 nitrogen and oxygen atoms in total.